The molecule has 7 nitrogen and oxygen atoms in total. The zero-order valence-corrected chi connectivity index (χ0v) is 17.9. The lowest BCUT2D eigenvalue weighted by atomic mass is 10.1. The molecule has 0 saturated carbocycles. The van der Waals surface area contributed by atoms with E-state index in [1.54, 1.807) is 18.2 Å². The summed E-state index contributed by atoms with van der Waals surface area (Å²) in [6, 6.07) is 12.5. The molecule has 4 rings (SSSR count). The van der Waals surface area contributed by atoms with E-state index in [4.69, 9.17) is 4.74 Å². The van der Waals surface area contributed by atoms with Gasteiger partial charge in [0, 0.05) is 24.8 Å². The zero-order chi connectivity index (χ0) is 21.1. The van der Waals surface area contributed by atoms with Gasteiger partial charge in [0.2, 0.25) is 15.9 Å². The molecule has 1 fully saturated rings. The standard InChI is InChI=1S/C22H27N3O4S/c1-2-16-5-7-17(8-6-16)24-22(26)13-18-15-29-21-14-19(9-10-20(21)23-18)30(27,28)25-11-3-4-12-25/h5-10,14,18,23H,2-4,11-13,15H2,1H3,(H,24,26)/t18-/m1/s1. The summed E-state index contributed by atoms with van der Waals surface area (Å²) in [4.78, 5) is 12.6. The van der Waals surface area contributed by atoms with Crippen molar-refractivity contribution < 1.29 is 17.9 Å². The number of sulfonamides is 1. The number of nitrogens with one attached hydrogen (secondary N) is 2. The maximum Gasteiger partial charge on any atom is 0.243 e. The van der Waals surface area contributed by atoms with Crippen LogP contribution in [0.5, 0.6) is 5.75 Å². The summed E-state index contributed by atoms with van der Waals surface area (Å²) in [5.74, 6) is 0.402. The summed E-state index contributed by atoms with van der Waals surface area (Å²) < 4.78 is 32.8. The van der Waals surface area contributed by atoms with Crippen LogP contribution < -0.4 is 15.4 Å². The number of anilines is 2. The molecule has 2 aliphatic rings. The first kappa shape index (κ1) is 20.7. The smallest absolute Gasteiger partial charge is 0.243 e. The molecule has 0 spiro atoms. The Kier molecular flexibility index (Phi) is 5.97. The van der Waals surface area contributed by atoms with Gasteiger partial charge in [-0.25, -0.2) is 8.42 Å². The average molecular weight is 430 g/mol. The van der Waals surface area contributed by atoms with Crippen LogP contribution in [0, 0.1) is 0 Å². The Morgan fingerprint density at radius 3 is 2.60 bits per heavy atom. The predicted molar refractivity (Wildman–Crippen MR) is 116 cm³/mol. The second-order valence-electron chi connectivity index (χ2n) is 7.72. The van der Waals surface area contributed by atoms with Gasteiger partial charge in [0.15, 0.2) is 0 Å². The molecule has 2 aliphatic heterocycles. The Bertz CT molecular complexity index is 1020. The van der Waals surface area contributed by atoms with Gasteiger partial charge in [0.1, 0.15) is 12.4 Å². The normalized spacial score (nSPS) is 18.9. The van der Waals surface area contributed by atoms with Gasteiger partial charge in [-0.1, -0.05) is 19.1 Å². The van der Waals surface area contributed by atoms with Crippen LogP contribution in [0.4, 0.5) is 11.4 Å². The molecule has 1 amide bonds. The van der Waals surface area contributed by atoms with Crippen molar-refractivity contribution in [1.29, 1.82) is 0 Å². The number of nitrogens with zero attached hydrogens (tertiary/aromatic N) is 1. The molecular formula is C22H27N3O4S. The first-order valence-corrected chi connectivity index (χ1v) is 11.8. The molecular weight excluding hydrogens is 402 g/mol. The summed E-state index contributed by atoms with van der Waals surface area (Å²) >= 11 is 0. The Hall–Kier alpha value is -2.58. The van der Waals surface area contributed by atoms with Crippen molar-refractivity contribution in [1.82, 2.24) is 4.31 Å². The summed E-state index contributed by atoms with van der Waals surface area (Å²) in [6.45, 7) is 3.52. The van der Waals surface area contributed by atoms with Crippen LogP contribution in [0.25, 0.3) is 0 Å². The van der Waals surface area contributed by atoms with Gasteiger partial charge < -0.3 is 15.4 Å². The molecule has 8 heteroatoms. The first-order valence-electron chi connectivity index (χ1n) is 10.4. The van der Waals surface area contributed by atoms with Crippen molar-refractivity contribution in [3.8, 4) is 5.75 Å². The molecule has 0 aromatic heterocycles. The fourth-order valence-electron chi connectivity index (χ4n) is 3.80. The third-order valence-electron chi connectivity index (χ3n) is 5.53. The second-order valence-corrected chi connectivity index (χ2v) is 9.66. The summed E-state index contributed by atoms with van der Waals surface area (Å²) in [5, 5.41) is 6.19. The Morgan fingerprint density at radius 2 is 1.90 bits per heavy atom. The van der Waals surface area contributed by atoms with Gasteiger partial charge in [-0.2, -0.15) is 4.31 Å². The van der Waals surface area contributed by atoms with Crippen LogP contribution in [0.2, 0.25) is 0 Å². The van der Waals surface area contributed by atoms with E-state index >= 15 is 0 Å². The minimum atomic E-state index is -3.48. The van der Waals surface area contributed by atoms with Crippen LogP contribution in [-0.4, -0.2) is 44.4 Å². The van der Waals surface area contributed by atoms with Crippen LogP contribution in [0.3, 0.4) is 0 Å². The lowest BCUT2D eigenvalue weighted by molar-refractivity contribution is -0.116. The maximum absolute atomic E-state index is 12.7. The monoisotopic (exact) mass is 429 g/mol. The molecule has 0 radical (unpaired) electrons. The van der Waals surface area contributed by atoms with Crippen molar-refractivity contribution in [2.75, 3.05) is 30.3 Å². The van der Waals surface area contributed by atoms with Crippen LogP contribution >= 0.6 is 0 Å². The number of hydrogen-bond donors (Lipinski definition) is 2. The highest BCUT2D eigenvalue weighted by Crippen LogP contribution is 2.33. The molecule has 1 saturated heterocycles. The average Bonchev–Trinajstić information content (AvgIpc) is 3.29. The molecule has 2 N–H and O–H groups in total. The number of hydrogen-bond acceptors (Lipinski definition) is 5. The zero-order valence-electron chi connectivity index (χ0n) is 17.1. The van der Waals surface area contributed by atoms with E-state index in [9.17, 15) is 13.2 Å². The van der Waals surface area contributed by atoms with Crippen LogP contribution in [0.15, 0.2) is 47.4 Å². The quantitative estimate of drug-likeness (QED) is 0.736. The Balaban J connectivity index is 1.38. The van der Waals surface area contributed by atoms with E-state index in [0.29, 0.717) is 31.1 Å². The number of rotatable bonds is 6. The van der Waals surface area contributed by atoms with Gasteiger partial charge in [0.05, 0.1) is 23.0 Å². The summed E-state index contributed by atoms with van der Waals surface area (Å²) in [6.07, 6.45) is 3.00. The molecule has 2 heterocycles. The maximum atomic E-state index is 12.7. The van der Waals surface area contributed by atoms with Crippen molar-refractivity contribution in [3.05, 3.63) is 48.0 Å². The number of aryl methyl sites for hydroxylation is 1. The van der Waals surface area contributed by atoms with Crippen molar-refractivity contribution in [2.24, 2.45) is 0 Å². The van der Waals surface area contributed by atoms with E-state index < -0.39 is 10.0 Å². The SMILES string of the molecule is CCc1ccc(NC(=O)C[C@@H]2COc3cc(S(=O)(=O)N4CCCC4)ccc3N2)cc1. The highest BCUT2D eigenvalue weighted by molar-refractivity contribution is 7.89. The first-order chi connectivity index (χ1) is 14.5. The molecule has 2 aromatic carbocycles. The lowest BCUT2D eigenvalue weighted by Gasteiger charge is -2.28. The van der Waals surface area contributed by atoms with E-state index in [1.165, 1.54) is 9.87 Å². The van der Waals surface area contributed by atoms with Crippen molar-refractivity contribution in [3.63, 3.8) is 0 Å². The largest absolute Gasteiger partial charge is 0.489 e. The second kappa shape index (κ2) is 8.65. The van der Waals surface area contributed by atoms with Gasteiger partial charge in [-0.05, 0) is 49.1 Å². The van der Waals surface area contributed by atoms with E-state index in [0.717, 1.165) is 24.9 Å². The predicted octanol–water partition coefficient (Wildman–Crippen LogP) is 3.24. The fourth-order valence-corrected chi connectivity index (χ4v) is 5.33. The van der Waals surface area contributed by atoms with E-state index in [-0.39, 0.29) is 23.3 Å². The molecule has 2 aromatic rings. The number of carbonyl (C=O) groups is 1. The van der Waals surface area contributed by atoms with Crippen LogP contribution in [0.1, 0.15) is 31.7 Å². The summed E-state index contributed by atoms with van der Waals surface area (Å²) in [7, 11) is -3.48. The Labute approximate surface area is 177 Å². The van der Waals surface area contributed by atoms with Gasteiger partial charge in [-0.15, -0.1) is 0 Å². The third-order valence-corrected chi connectivity index (χ3v) is 7.43. The number of benzene rings is 2. The highest BCUT2D eigenvalue weighted by atomic mass is 32.2. The molecule has 160 valence electrons. The lowest BCUT2D eigenvalue weighted by Crippen LogP contribution is -2.35. The summed E-state index contributed by atoms with van der Waals surface area (Å²) in [5.41, 5.74) is 2.69. The molecule has 0 unspecified atom stereocenters. The van der Waals surface area contributed by atoms with Crippen LogP contribution in [-0.2, 0) is 21.2 Å². The molecule has 0 aliphatic carbocycles. The minimum absolute atomic E-state index is 0.1000. The minimum Gasteiger partial charge on any atom is -0.489 e. The van der Waals surface area contributed by atoms with Gasteiger partial charge in [0.25, 0.3) is 0 Å². The molecule has 30 heavy (non-hydrogen) atoms. The number of ether oxygens (including phenoxy) is 1. The Morgan fingerprint density at radius 1 is 1.17 bits per heavy atom. The number of amides is 1. The topological polar surface area (TPSA) is 87.7 Å². The van der Waals surface area contributed by atoms with E-state index in [1.807, 2.05) is 24.3 Å². The fraction of sp³-hybridized carbons (Fsp3) is 0.409. The highest BCUT2D eigenvalue weighted by Gasteiger charge is 2.29. The van der Waals surface area contributed by atoms with Gasteiger partial charge in [-0.3, -0.25) is 4.79 Å². The number of carbonyl (C=O) groups excluding carboxylic acids is 1. The van der Waals surface area contributed by atoms with Crippen molar-refractivity contribution in [2.45, 2.75) is 43.5 Å². The molecule has 1 atom stereocenters. The third kappa shape index (κ3) is 4.44. The number of fused-ring (bicyclic) bond motifs is 1. The van der Waals surface area contributed by atoms with Crippen molar-refractivity contribution >= 4 is 27.3 Å². The molecule has 0 bridgehead atoms. The van der Waals surface area contributed by atoms with Gasteiger partial charge >= 0.3 is 0 Å². The van der Waals surface area contributed by atoms with E-state index in [2.05, 4.69) is 17.6 Å².